The first-order valence-corrected chi connectivity index (χ1v) is 9.45. The van der Waals surface area contributed by atoms with Gasteiger partial charge in [-0.25, -0.2) is 0 Å². The zero-order valence-corrected chi connectivity index (χ0v) is 17.6. The summed E-state index contributed by atoms with van der Waals surface area (Å²) in [4.78, 5) is 12.4. The van der Waals surface area contributed by atoms with Crippen LogP contribution in [0, 0.1) is 0 Å². The number of hydrogen-bond acceptors (Lipinski definition) is 4. The number of unbranched alkanes of at least 4 members (excludes halogenated alkanes) is 1. The van der Waals surface area contributed by atoms with Crippen LogP contribution in [0.5, 0.6) is 11.5 Å². The average Bonchev–Trinajstić information content (AvgIpc) is 2.69. The zero-order chi connectivity index (χ0) is 19.6. The van der Waals surface area contributed by atoms with Crippen LogP contribution in [-0.4, -0.2) is 25.7 Å². The average molecular weight is 407 g/mol. The van der Waals surface area contributed by atoms with Crippen molar-refractivity contribution in [2.75, 3.05) is 13.7 Å². The van der Waals surface area contributed by atoms with Crippen LogP contribution in [-0.2, 0) is 11.2 Å². The third kappa shape index (κ3) is 7.06. The molecule has 2 aromatic carbocycles. The smallest absolute Gasteiger partial charge is 0.237 e. The SMILES string of the molecule is CCCCOc1ccc(C(C)NC(=O)[C@@H](N)Cc2ccccc2)cc1OC.Cl. The molecule has 154 valence electrons. The van der Waals surface area contributed by atoms with Crippen molar-refractivity contribution in [2.45, 2.75) is 45.2 Å². The molecule has 0 heterocycles. The van der Waals surface area contributed by atoms with Crippen LogP contribution in [0.2, 0.25) is 0 Å². The van der Waals surface area contributed by atoms with E-state index in [1.165, 1.54) is 0 Å². The number of carbonyl (C=O) groups is 1. The molecule has 2 aromatic rings. The van der Waals surface area contributed by atoms with Crippen LogP contribution < -0.4 is 20.5 Å². The van der Waals surface area contributed by atoms with Crippen LogP contribution >= 0.6 is 12.4 Å². The molecule has 1 amide bonds. The lowest BCUT2D eigenvalue weighted by atomic mass is 10.0. The van der Waals surface area contributed by atoms with Gasteiger partial charge in [0.15, 0.2) is 11.5 Å². The van der Waals surface area contributed by atoms with Gasteiger partial charge in [-0.15, -0.1) is 12.4 Å². The van der Waals surface area contributed by atoms with Gasteiger partial charge in [-0.1, -0.05) is 49.7 Å². The van der Waals surface area contributed by atoms with Gasteiger partial charge in [0.25, 0.3) is 0 Å². The van der Waals surface area contributed by atoms with Crippen molar-refractivity contribution in [3.8, 4) is 11.5 Å². The molecular formula is C22H31ClN2O3. The van der Waals surface area contributed by atoms with Gasteiger partial charge < -0.3 is 20.5 Å². The highest BCUT2D eigenvalue weighted by molar-refractivity contribution is 5.85. The number of nitrogens with one attached hydrogen (secondary N) is 1. The van der Waals surface area contributed by atoms with E-state index in [1.54, 1.807) is 7.11 Å². The van der Waals surface area contributed by atoms with E-state index in [0.29, 0.717) is 24.5 Å². The van der Waals surface area contributed by atoms with Crippen molar-refractivity contribution in [3.63, 3.8) is 0 Å². The molecule has 0 spiro atoms. The Bertz CT molecular complexity index is 725. The lowest BCUT2D eigenvalue weighted by Crippen LogP contribution is -2.42. The van der Waals surface area contributed by atoms with Crippen molar-refractivity contribution in [2.24, 2.45) is 5.73 Å². The molecule has 0 bridgehead atoms. The van der Waals surface area contributed by atoms with Gasteiger partial charge in [-0.05, 0) is 43.0 Å². The Balaban J connectivity index is 0.00000392. The van der Waals surface area contributed by atoms with E-state index in [9.17, 15) is 4.79 Å². The number of hydrogen-bond donors (Lipinski definition) is 2. The number of methoxy groups -OCH3 is 1. The summed E-state index contributed by atoms with van der Waals surface area (Å²) >= 11 is 0. The Labute approximate surface area is 174 Å². The van der Waals surface area contributed by atoms with Crippen LogP contribution in [0.15, 0.2) is 48.5 Å². The minimum absolute atomic E-state index is 0. The normalized spacial score (nSPS) is 12.4. The van der Waals surface area contributed by atoms with Gasteiger partial charge in [-0.3, -0.25) is 4.79 Å². The monoisotopic (exact) mass is 406 g/mol. The molecule has 0 aliphatic heterocycles. The zero-order valence-electron chi connectivity index (χ0n) is 16.8. The third-order valence-electron chi connectivity index (χ3n) is 4.44. The fourth-order valence-corrected chi connectivity index (χ4v) is 2.76. The number of ether oxygens (including phenoxy) is 2. The second kappa shape index (κ2) is 12.3. The van der Waals surface area contributed by atoms with E-state index in [1.807, 2.05) is 55.5 Å². The Hall–Kier alpha value is -2.24. The van der Waals surface area contributed by atoms with E-state index >= 15 is 0 Å². The highest BCUT2D eigenvalue weighted by Gasteiger charge is 2.18. The third-order valence-corrected chi connectivity index (χ3v) is 4.44. The molecule has 0 aromatic heterocycles. The molecule has 0 saturated heterocycles. The van der Waals surface area contributed by atoms with Crippen LogP contribution in [0.4, 0.5) is 0 Å². The number of nitrogens with two attached hydrogens (primary N) is 1. The molecule has 2 atom stereocenters. The van der Waals surface area contributed by atoms with Gasteiger partial charge in [-0.2, -0.15) is 0 Å². The summed E-state index contributed by atoms with van der Waals surface area (Å²) in [6.45, 7) is 4.71. The van der Waals surface area contributed by atoms with Crippen LogP contribution in [0.1, 0.15) is 43.9 Å². The van der Waals surface area contributed by atoms with E-state index in [2.05, 4.69) is 12.2 Å². The van der Waals surface area contributed by atoms with Gasteiger partial charge >= 0.3 is 0 Å². The summed E-state index contributed by atoms with van der Waals surface area (Å²) in [7, 11) is 1.62. The summed E-state index contributed by atoms with van der Waals surface area (Å²) < 4.78 is 11.2. The van der Waals surface area contributed by atoms with E-state index in [4.69, 9.17) is 15.2 Å². The fourth-order valence-electron chi connectivity index (χ4n) is 2.76. The Morgan fingerprint density at radius 2 is 1.86 bits per heavy atom. The number of carbonyl (C=O) groups excluding carboxylic acids is 1. The fraction of sp³-hybridized carbons (Fsp3) is 0.409. The summed E-state index contributed by atoms with van der Waals surface area (Å²) in [5.74, 6) is 1.21. The van der Waals surface area contributed by atoms with E-state index in [0.717, 1.165) is 24.0 Å². The van der Waals surface area contributed by atoms with Gasteiger partial charge in [0.2, 0.25) is 5.91 Å². The first-order valence-electron chi connectivity index (χ1n) is 9.45. The molecule has 3 N–H and O–H groups in total. The van der Waals surface area contributed by atoms with Crippen molar-refractivity contribution >= 4 is 18.3 Å². The molecule has 0 fully saturated rings. The summed E-state index contributed by atoms with van der Waals surface area (Å²) in [5, 5.41) is 2.98. The van der Waals surface area contributed by atoms with Crippen molar-refractivity contribution < 1.29 is 14.3 Å². The summed E-state index contributed by atoms with van der Waals surface area (Å²) in [6.07, 6.45) is 2.58. The van der Waals surface area contributed by atoms with Crippen LogP contribution in [0.3, 0.4) is 0 Å². The lowest BCUT2D eigenvalue weighted by molar-refractivity contribution is -0.123. The topological polar surface area (TPSA) is 73.6 Å². The second-order valence-corrected chi connectivity index (χ2v) is 6.64. The maximum atomic E-state index is 12.4. The van der Waals surface area contributed by atoms with Gasteiger partial charge in [0.05, 0.1) is 25.8 Å². The quantitative estimate of drug-likeness (QED) is 0.584. The largest absolute Gasteiger partial charge is 0.493 e. The molecule has 0 aliphatic rings. The van der Waals surface area contributed by atoms with Gasteiger partial charge in [0.1, 0.15) is 0 Å². The van der Waals surface area contributed by atoms with Crippen molar-refractivity contribution in [1.82, 2.24) is 5.32 Å². The Kier molecular flexibility index (Phi) is 10.4. The predicted molar refractivity (Wildman–Crippen MR) is 115 cm³/mol. The van der Waals surface area contributed by atoms with E-state index in [-0.39, 0.29) is 24.4 Å². The van der Waals surface area contributed by atoms with Crippen molar-refractivity contribution in [3.05, 3.63) is 59.7 Å². The number of amides is 1. The maximum Gasteiger partial charge on any atom is 0.237 e. The van der Waals surface area contributed by atoms with Crippen molar-refractivity contribution in [1.29, 1.82) is 0 Å². The second-order valence-electron chi connectivity index (χ2n) is 6.64. The molecular weight excluding hydrogens is 376 g/mol. The number of halogens is 1. The molecule has 6 heteroatoms. The molecule has 0 saturated carbocycles. The standard InChI is InChI=1S/C22H30N2O3.ClH/c1-4-5-13-27-20-12-11-18(15-21(20)26-3)16(2)24-22(25)19(23)14-17-9-7-6-8-10-17;/h6-12,15-16,19H,4-5,13-14,23H2,1-3H3,(H,24,25);1H/t16?,19-;/m0./s1. The molecule has 5 nitrogen and oxygen atoms in total. The molecule has 28 heavy (non-hydrogen) atoms. The molecule has 0 aliphatic carbocycles. The Morgan fingerprint density at radius 3 is 2.50 bits per heavy atom. The molecule has 0 radical (unpaired) electrons. The minimum Gasteiger partial charge on any atom is -0.493 e. The predicted octanol–water partition coefficient (Wildman–Crippen LogP) is 4.04. The summed E-state index contributed by atoms with van der Waals surface area (Å²) in [6, 6.07) is 14.7. The first-order chi connectivity index (χ1) is 13.0. The highest BCUT2D eigenvalue weighted by atomic mass is 35.5. The van der Waals surface area contributed by atoms with Gasteiger partial charge in [0, 0.05) is 0 Å². The van der Waals surface area contributed by atoms with Crippen LogP contribution in [0.25, 0.3) is 0 Å². The lowest BCUT2D eigenvalue weighted by Gasteiger charge is -2.19. The number of rotatable bonds is 10. The highest BCUT2D eigenvalue weighted by Crippen LogP contribution is 2.30. The molecule has 2 rings (SSSR count). The molecule has 1 unspecified atom stereocenters. The maximum absolute atomic E-state index is 12.4. The summed E-state index contributed by atoms with van der Waals surface area (Å²) in [5.41, 5.74) is 8.05. The number of benzene rings is 2. The minimum atomic E-state index is -0.589. The Morgan fingerprint density at radius 1 is 1.14 bits per heavy atom. The van der Waals surface area contributed by atoms with E-state index < -0.39 is 6.04 Å². The first kappa shape index (κ1) is 23.8.